The summed E-state index contributed by atoms with van der Waals surface area (Å²) in [4.78, 5) is 12.4. The molecular formula is C26H28O4. The largest absolute Gasteiger partial charge is 0.494 e. The molecule has 0 aliphatic heterocycles. The van der Waals surface area contributed by atoms with Crippen LogP contribution >= 0.6 is 0 Å². The maximum Gasteiger partial charge on any atom is 0.343 e. The van der Waals surface area contributed by atoms with E-state index in [1.54, 1.807) is 43.5 Å². The van der Waals surface area contributed by atoms with Crippen LogP contribution in [0.3, 0.4) is 0 Å². The summed E-state index contributed by atoms with van der Waals surface area (Å²) < 4.78 is 16.5. The third-order valence-electron chi connectivity index (χ3n) is 4.99. The Bertz CT molecular complexity index is 928. The Morgan fingerprint density at radius 1 is 0.833 bits per heavy atom. The van der Waals surface area contributed by atoms with E-state index in [2.05, 4.69) is 31.2 Å². The lowest BCUT2D eigenvalue weighted by atomic mass is 10.0. The third-order valence-corrected chi connectivity index (χ3v) is 4.99. The van der Waals surface area contributed by atoms with Crippen LogP contribution in [-0.2, 0) is 4.74 Å². The van der Waals surface area contributed by atoms with Gasteiger partial charge in [0, 0.05) is 7.11 Å². The van der Waals surface area contributed by atoms with E-state index in [9.17, 15) is 4.79 Å². The van der Waals surface area contributed by atoms with Crippen LogP contribution in [0.2, 0.25) is 0 Å². The van der Waals surface area contributed by atoms with Gasteiger partial charge in [0.05, 0.1) is 18.3 Å². The summed E-state index contributed by atoms with van der Waals surface area (Å²) in [5.74, 6) is 0.882. The number of carbonyl (C=O) groups is 1. The number of hydrogen-bond donors (Lipinski definition) is 0. The second-order valence-corrected chi connectivity index (χ2v) is 7.14. The van der Waals surface area contributed by atoms with Gasteiger partial charge in [-0.05, 0) is 66.4 Å². The molecule has 1 unspecified atom stereocenters. The maximum absolute atomic E-state index is 12.4. The number of rotatable bonds is 9. The van der Waals surface area contributed by atoms with Crippen LogP contribution in [0.1, 0.15) is 48.7 Å². The van der Waals surface area contributed by atoms with E-state index in [0.29, 0.717) is 17.9 Å². The number of hydrogen-bond acceptors (Lipinski definition) is 4. The molecule has 30 heavy (non-hydrogen) atoms. The summed E-state index contributed by atoms with van der Waals surface area (Å²) in [6.07, 6.45) is 2.16. The molecule has 0 aromatic heterocycles. The van der Waals surface area contributed by atoms with Crippen molar-refractivity contribution in [3.63, 3.8) is 0 Å². The van der Waals surface area contributed by atoms with Crippen LogP contribution in [0.25, 0.3) is 11.1 Å². The number of methoxy groups -OCH3 is 1. The second-order valence-electron chi connectivity index (χ2n) is 7.14. The molecule has 0 heterocycles. The average molecular weight is 405 g/mol. The lowest BCUT2D eigenvalue weighted by molar-refractivity contribution is 0.0734. The molecule has 0 radical (unpaired) electrons. The fourth-order valence-corrected chi connectivity index (χ4v) is 2.99. The SMILES string of the molecule is CCCCOc1ccc(C(=O)Oc2ccc(-c3ccc(C(C)OC)cc3)cc2)cc1. The van der Waals surface area contributed by atoms with Gasteiger partial charge in [0.1, 0.15) is 11.5 Å². The van der Waals surface area contributed by atoms with E-state index in [-0.39, 0.29) is 12.1 Å². The fraction of sp³-hybridized carbons (Fsp3) is 0.269. The first-order valence-corrected chi connectivity index (χ1v) is 10.3. The smallest absolute Gasteiger partial charge is 0.343 e. The molecular weight excluding hydrogens is 376 g/mol. The summed E-state index contributed by atoms with van der Waals surface area (Å²) in [6.45, 7) is 4.82. The molecule has 0 aliphatic rings. The predicted molar refractivity (Wildman–Crippen MR) is 119 cm³/mol. The Morgan fingerprint density at radius 2 is 1.40 bits per heavy atom. The van der Waals surface area contributed by atoms with Crippen molar-refractivity contribution >= 4 is 5.97 Å². The van der Waals surface area contributed by atoms with Crippen molar-refractivity contribution in [3.05, 3.63) is 83.9 Å². The minimum atomic E-state index is -0.388. The van der Waals surface area contributed by atoms with Crippen molar-refractivity contribution in [1.29, 1.82) is 0 Å². The van der Waals surface area contributed by atoms with E-state index in [4.69, 9.17) is 14.2 Å². The Hall–Kier alpha value is -3.11. The van der Waals surface area contributed by atoms with Gasteiger partial charge in [-0.25, -0.2) is 4.79 Å². The van der Waals surface area contributed by atoms with Crippen LogP contribution < -0.4 is 9.47 Å². The van der Waals surface area contributed by atoms with Gasteiger partial charge in [-0.2, -0.15) is 0 Å². The molecule has 3 rings (SSSR count). The third kappa shape index (κ3) is 5.71. The van der Waals surface area contributed by atoms with Gasteiger partial charge in [0.2, 0.25) is 0 Å². The van der Waals surface area contributed by atoms with E-state index in [1.165, 1.54) is 0 Å². The highest BCUT2D eigenvalue weighted by atomic mass is 16.5. The summed E-state index contributed by atoms with van der Waals surface area (Å²) in [5.41, 5.74) is 3.77. The lowest BCUT2D eigenvalue weighted by Crippen LogP contribution is -2.08. The fourth-order valence-electron chi connectivity index (χ4n) is 2.99. The normalized spacial score (nSPS) is 11.7. The Morgan fingerprint density at radius 3 is 1.97 bits per heavy atom. The van der Waals surface area contributed by atoms with Crippen LogP contribution in [0, 0.1) is 0 Å². The van der Waals surface area contributed by atoms with Crippen molar-refractivity contribution in [2.45, 2.75) is 32.8 Å². The highest BCUT2D eigenvalue weighted by Crippen LogP contribution is 2.25. The van der Waals surface area contributed by atoms with E-state index < -0.39 is 0 Å². The van der Waals surface area contributed by atoms with E-state index in [1.807, 2.05) is 19.1 Å². The average Bonchev–Trinajstić information content (AvgIpc) is 2.80. The molecule has 0 spiro atoms. The Kier molecular flexibility index (Phi) is 7.63. The van der Waals surface area contributed by atoms with Crippen LogP contribution in [0.4, 0.5) is 0 Å². The number of carbonyl (C=O) groups excluding carboxylic acids is 1. The topological polar surface area (TPSA) is 44.8 Å². The molecule has 0 amide bonds. The van der Waals surface area contributed by atoms with Gasteiger partial charge in [-0.1, -0.05) is 49.7 Å². The predicted octanol–water partition coefficient (Wildman–Crippen LogP) is 6.46. The molecule has 0 saturated heterocycles. The Labute approximate surface area is 178 Å². The molecule has 4 nitrogen and oxygen atoms in total. The van der Waals surface area contributed by atoms with Crippen LogP contribution in [0.15, 0.2) is 72.8 Å². The van der Waals surface area contributed by atoms with Gasteiger partial charge in [0.25, 0.3) is 0 Å². The van der Waals surface area contributed by atoms with E-state index >= 15 is 0 Å². The first-order valence-electron chi connectivity index (χ1n) is 10.3. The first-order chi connectivity index (χ1) is 14.6. The van der Waals surface area contributed by atoms with Crippen molar-refractivity contribution < 1.29 is 19.0 Å². The second kappa shape index (κ2) is 10.6. The zero-order chi connectivity index (χ0) is 21.3. The molecule has 0 fully saturated rings. The monoisotopic (exact) mass is 404 g/mol. The van der Waals surface area contributed by atoms with Crippen molar-refractivity contribution in [2.75, 3.05) is 13.7 Å². The summed E-state index contributed by atoms with van der Waals surface area (Å²) >= 11 is 0. The molecule has 0 aliphatic carbocycles. The van der Waals surface area contributed by atoms with Crippen LogP contribution in [0.5, 0.6) is 11.5 Å². The molecule has 0 saturated carbocycles. The molecule has 3 aromatic rings. The van der Waals surface area contributed by atoms with Gasteiger partial charge in [0.15, 0.2) is 0 Å². The van der Waals surface area contributed by atoms with Gasteiger partial charge < -0.3 is 14.2 Å². The van der Waals surface area contributed by atoms with Crippen LogP contribution in [-0.4, -0.2) is 19.7 Å². The van der Waals surface area contributed by atoms with Crippen molar-refractivity contribution in [2.24, 2.45) is 0 Å². The Balaban J connectivity index is 1.60. The van der Waals surface area contributed by atoms with Crippen molar-refractivity contribution in [3.8, 4) is 22.6 Å². The highest BCUT2D eigenvalue weighted by molar-refractivity contribution is 5.91. The zero-order valence-electron chi connectivity index (χ0n) is 17.8. The van der Waals surface area contributed by atoms with E-state index in [0.717, 1.165) is 35.3 Å². The first kappa shape index (κ1) is 21.6. The number of unbranched alkanes of at least 4 members (excludes halogenated alkanes) is 1. The highest BCUT2D eigenvalue weighted by Gasteiger charge is 2.10. The molecule has 3 aromatic carbocycles. The van der Waals surface area contributed by atoms with Gasteiger partial charge in [-0.3, -0.25) is 0 Å². The number of ether oxygens (including phenoxy) is 3. The molecule has 4 heteroatoms. The summed E-state index contributed by atoms with van der Waals surface area (Å²) in [5, 5.41) is 0. The number of benzene rings is 3. The molecule has 156 valence electrons. The lowest BCUT2D eigenvalue weighted by Gasteiger charge is -2.11. The standard InChI is InChI=1S/C26H28O4/c1-4-5-18-29-24-14-12-23(13-15-24)26(27)30-25-16-10-22(11-17-25)21-8-6-20(7-9-21)19(2)28-3/h6-17,19H,4-5,18H2,1-3H3. The molecule has 0 N–H and O–H groups in total. The summed E-state index contributed by atoms with van der Waals surface area (Å²) in [6, 6.07) is 22.8. The summed E-state index contributed by atoms with van der Waals surface area (Å²) in [7, 11) is 1.70. The minimum absolute atomic E-state index is 0.0674. The van der Waals surface area contributed by atoms with Gasteiger partial charge in [-0.15, -0.1) is 0 Å². The molecule has 1 atom stereocenters. The molecule has 0 bridgehead atoms. The van der Waals surface area contributed by atoms with Gasteiger partial charge >= 0.3 is 5.97 Å². The number of esters is 1. The maximum atomic E-state index is 12.4. The van der Waals surface area contributed by atoms with Crippen molar-refractivity contribution in [1.82, 2.24) is 0 Å². The quantitative estimate of drug-likeness (QED) is 0.233. The minimum Gasteiger partial charge on any atom is -0.494 e. The zero-order valence-corrected chi connectivity index (χ0v) is 17.8.